The normalized spacial score (nSPS) is 22.6. The standard InChI is InChI=1S/C32H21NO7/c34-26-21-10-4-5-11-22(21)27(35)31(26)25(18-14-16-20(17-15-18)33(38)39)32(40-30(31)19-8-2-1-3-9-19)28(36)23-12-6-7-13-24(23)29(32)37/h1-17,25,30,33,38H/t25-,30+/m0/s1. The summed E-state index contributed by atoms with van der Waals surface area (Å²) in [5.74, 6) is -3.71. The number of carbonyl (C=O) groups is 4. The van der Waals surface area contributed by atoms with Gasteiger partial charge in [-0.05, 0) is 11.1 Å². The molecule has 2 aliphatic carbocycles. The van der Waals surface area contributed by atoms with Gasteiger partial charge in [0.05, 0.1) is 5.92 Å². The van der Waals surface area contributed by atoms with Gasteiger partial charge in [0.2, 0.25) is 17.2 Å². The van der Waals surface area contributed by atoms with Crippen LogP contribution in [-0.2, 0) is 4.74 Å². The third-order valence-corrected chi connectivity index (χ3v) is 8.43. The summed E-state index contributed by atoms with van der Waals surface area (Å²) in [6, 6.07) is 27.0. The SMILES string of the molecule is O=C1c2ccccc2C(=O)C12O[C@H](c1ccccc1)C1(C(=O)c3ccccc3C1=O)[C@@H]2c1ccc([NH+]([O-])O)cc1. The van der Waals surface area contributed by atoms with Crippen LogP contribution in [0.25, 0.3) is 0 Å². The molecular formula is C32H21NO7. The van der Waals surface area contributed by atoms with E-state index in [4.69, 9.17) is 4.74 Å². The van der Waals surface area contributed by atoms with Crippen molar-refractivity contribution in [3.05, 3.63) is 142 Å². The molecule has 0 radical (unpaired) electrons. The van der Waals surface area contributed by atoms with Crippen molar-refractivity contribution in [2.45, 2.75) is 17.6 Å². The van der Waals surface area contributed by atoms with Crippen molar-refractivity contribution in [3.63, 3.8) is 0 Å². The largest absolute Gasteiger partial charge is 0.595 e. The van der Waals surface area contributed by atoms with E-state index in [1.165, 1.54) is 36.4 Å². The first-order valence-electron chi connectivity index (χ1n) is 12.8. The number of hydrogen-bond acceptors (Lipinski definition) is 7. The van der Waals surface area contributed by atoms with Gasteiger partial charge in [-0.3, -0.25) is 19.2 Å². The van der Waals surface area contributed by atoms with Crippen molar-refractivity contribution in [1.82, 2.24) is 0 Å². The van der Waals surface area contributed by atoms with Gasteiger partial charge < -0.3 is 9.94 Å². The molecule has 1 heterocycles. The number of carbonyl (C=O) groups excluding carboxylic acids is 4. The summed E-state index contributed by atoms with van der Waals surface area (Å²) in [6.45, 7) is 0. The molecule has 2 spiro atoms. The first kappa shape index (κ1) is 24.4. The minimum absolute atomic E-state index is 0.0231. The second kappa shape index (κ2) is 8.45. The fourth-order valence-electron chi connectivity index (χ4n) is 6.77. The molecule has 7 rings (SSSR count). The molecule has 1 saturated heterocycles. The number of ether oxygens (including phenoxy) is 1. The molecule has 8 heteroatoms. The molecule has 1 fully saturated rings. The van der Waals surface area contributed by atoms with Crippen molar-refractivity contribution in [1.29, 1.82) is 0 Å². The molecular weight excluding hydrogens is 510 g/mol. The average Bonchev–Trinajstić information content (AvgIpc) is 3.52. The Kier molecular flexibility index (Phi) is 5.16. The first-order chi connectivity index (χ1) is 19.3. The van der Waals surface area contributed by atoms with Crippen LogP contribution in [0.5, 0.6) is 0 Å². The van der Waals surface area contributed by atoms with Crippen LogP contribution in [0.1, 0.15) is 64.6 Å². The van der Waals surface area contributed by atoms with Crippen molar-refractivity contribution in [2.75, 3.05) is 0 Å². The van der Waals surface area contributed by atoms with E-state index in [0.717, 1.165) is 0 Å². The van der Waals surface area contributed by atoms with Crippen LogP contribution in [0.4, 0.5) is 5.69 Å². The van der Waals surface area contributed by atoms with Crippen LogP contribution in [0, 0.1) is 10.6 Å². The Balaban J connectivity index is 1.57. The smallest absolute Gasteiger partial charge is 0.204 e. The highest BCUT2D eigenvalue weighted by Gasteiger charge is 2.79. The van der Waals surface area contributed by atoms with Crippen molar-refractivity contribution >= 4 is 28.8 Å². The van der Waals surface area contributed by atoms with E-state index in [-0.39, 0.29) is 33.5 Å². The predicted octanol–water partition coefficient (Wildman–Crippen LogP) is 3.83. The quantitative estimate of drug-likeness (QED) is 0.304. The lowest BCUT2D eigenvalue weighted by Crippen LogP contribution is -2.99. The highest BCUT2D eigenvalue weighted by Crippen LogP contribution is 2.67. The Morgan fingerprint density at radius 3 is 1.52 bits per heavy atom. The van der Waals surface area contributed by atoms with Gasteiger partial charge in [-0.15, -0.1) is 0 Å². The second-order valence-corrected chi connectivity index (χ2v) is 10.3. The van der Waals surface area contributed by atoms with E-state index in [1.807, 2.05) is 0 Å². The topological polar surface area (TPSA) is 125 Å². The molecule has 8 nitrogen and oxygen atoms in total. The Morgan fingerprint density at radius 2 is 1.05 bits per heavy atom. The minimum atomic E-state index is -2.22. The molecule has 1 aliphatic heterocycles. The van der Waals surface area contributed by atoms with Gasteiger partial charge >= 0.3 is 0 Å². The van der Waals surface area contributed by atoms with E-state index in [0.29, 0.717) is 5.56 Å². The van der Waals surface area contributed by atoms with Gasteiger partial charge in [0.25, 0.3) is 0 Å². The number of benzene rings is 4. The van der Waals surface area contributed by atoms with Gasteiger partial charge in [0.15, 0.2) is 17.3 Å². The molecule has 2 N–H and O–H groups in total. The van der Waals surface area contributed by atoms with Crippen LogP contribution in [-0.4, -0.2) is 33.9 Å². The zero-order valence-electron chi connectivity index (χ0n) is 20.9. The molecule has 4 aromatic carbocycles. The zero-order valence-corrected chi connectivity index (χ0v) is 20.9. The number of hydrogen-bond donors (Lipinski definition) is 2. The number of nitrogens with one attached hydrogen (secondary N) is 1. The number of rotatable bonds is 3. The lowest BCUT2D eigenvalue weighted by molar-refractivity contribution is -0.991. The van der Waals surface area contributed by atoms with Crippen LogP contribution < -0.4 is 5.23 Å². The molecule has 3 aliphatic rings. The summed E-state index contributed by atoms with van der Waals surface area (Å²) in [5, 5.41) is 20.0. The fourth-order valence-corrected chi connectivity index (χ4v) is 6.77. The number of Topliss-reactive ketones (excluding diaryl/α,β-unsaturated/α-hetero) is 4. The second-order valence-electron chi connectivity index (χ2n) is 10.3. The Bertz CT molecular complexity index is 1670. The Morgan fingerprint density at radius 1 is 0.600 bits per heavy atom. The van der Waals surface area contributed by atoms with Gasteiger partial charge in [-0.1, -0.05) is 91.0 Å². The molecule has 0 aromatic heterocycles. The van der Waals surface area contributed by atoms with Crippen molar-refractivity contribution in [2.24, 2.45) is 5.41 Å². The van der Waals surface area contributed by atoms with Gasteiger partial charge in [0, 0.05) is 34.4 Å². The summed E-state index contributed by atoms with van der Waals surface area (Å²) >= 11 is 0. The number of fused-ring (bicyclic) bond motifs is 2. The van der Waals surface area contributed by atoms with Crippen molar-refractivity contribution < 1.29 is 34.3 Å². The van der Waals surface area contributed by atoms with Crippen LogP contribution in [0.2, 0.25) is 0 Å². The molecule has 196 valence electrons. The van der Waals surface area contributed by atoms with E-state index >= 15 is 0 Å². The van der Waals surface area contributed by atoms with E-state index in [2.05, 4.69) is 0 Å². The summed E-state index contributed by atoms with van der Waals surface area (Å²) in [4.78, 5) is 57.8. The molecule has 0 saturated carbocycles. The number of quaternary nitrogens is 1. The highest BCUT2D eigenvalue weighted by atomic mass is 16.8. The maximum Gasteiger partial charge on any atom is 0.204 e. The molecule has 40 heavy (non-hydrogen) atoms. The Labute approximate surface area is 228 Å². The van der Waals surface area contributed by atoms with Crippen LogP contribution in [0.3, 0.4) is 0 Å². The minimum Gasteiger partial charge on any atom is -0.595 e. The highest BCUT2D eigenvalue weighted by molar-refractivity contribution is 6.37. The molecule has 4 aromatic rings. The van der Waals surface area contributed by atoms with E-state index < -0.39 is 51.4 Å². The van der Waals surface area contributed by atoms with E-state index in [1.54, 1.807) is 66.7 Å². The number of ketones is 4. The first-order valence-corrected chi connectivity index (χ1v) is 12.8. The fraction of sp³-hybridized carbons (Fsp3) is 0.125. The third-order valence-electron chi connectivity index (χ3n) is 8.43. The lowest BCUT2D eigenvalue weighted by Gasteiger charge is -2.34. The Hall–Kier alpha value is -4.60. The maximum absolute atomic E-state index is 14.6. The third kappa shape index (κ3) is 2.88. The van der Waals surface area contributed by atoms with Gasteiger partial charge in [-0.25, -0.2) is 5.21 Å². The maximum atomic E-state index is 14.6. The molecule has 0 amide bonds. The molecule has 3 atom stereocenters. The van der Waals surface area contributed by atoms with Crippen LogP contribution >= 0.6 is 0 Å². The zero-order chi connectivity index (χ0) is 27.8. The predicted molar refractivity (Wildman–Crippen MR) is 141 cm³/mol. The van der Waals surface area contributed by atoms with Gasteiger partial charge in [-0.2, -0.15) is 5.23 Å². The molecule has 0 bridgehead atoms. The monoisotopic (exact) mass is 531 g/mol. The van der Waals surface area contributed by atoms with Crippen LogP contribution in [0.15, 0.2) is 103 Å². The van der Waals surface area contributed by atoms with Gasteiger partial charge in [0.1, 0.15) is 11.5 Å². The summed E-state index contributed by atoms with van der Waals surface area (Å²) in [6.07, 6.45) is -1.27. The summed E-state index contributed by atoms with van der Waals surface area (Å²) in [5.41, 5.74) is -2.80. The lowest BCUT2D eigenvalue weighted by atomic mass is 9.60. The summed E-state index contributed by atoms with van der Waals surface area (Å²) < 4.78 is 6.60. The summed E-state index contributed by atoms with van der Waals surface area (Å²) in [7, 11) is 0. The van der Waals surface area contributed by atoms with E-state index in [9.17, 15) is 29.6 Å². The average molecular weight is 532 g/mol. The van der Waals surface area contributed by atoms with Crippen molar-refractivity contribution in [3.8, 4) is 0 Å². The molecule has 1 unspecified atom stereocenters.